The average molecular weight is 288 g/mol. The van der Waals surface area contributed by atoms with Crippen LogP contribution in [0, 0.1) is 0 Å². The summed E-state index contributed by atoms with van der Waals surface area (Å²) in [6.45, 7) is 1.86. The zero-order valence-electron chi connectivity index (χ0n) is 9.54. The Balaban J connectivity index is 2.42. The van der Waals surface area contributed by atoms with Crippen LogP contribution in [0.15, 0.2) is 30.2 Å². The third-order valence-corrected chi connectivity index (χ3v) is 3.63. The lowest BCUT2D eigenvalue weighted by molar-refractivity contribution is -0.139. The van der Waals surface area contributed by atoms with E-state index in [0.29, 0.717) is 22.0 Å². The van der Waals surface area contributed by atoms with Gasteiger partial charge in [-0.2, -0.15) is 0 Å². The molecule has 18 heavy (non-hydrogen) atoms. The molecule has 0 radical (unpaired) electrons. The zero-order valence-corrected chi connectivity index (χ0v) is 11.0. The van der Waals surface area contributed by atoms with E-state index >= 15 is 0 Å². The summed E-state index contributed by atoms with van der Waals surface area (Å²) >= 11 is 12.1. The molecule has 0 saturated heterocycles. The molecule has 6 heteroatoms. The van der Waals surface area contributed by atoms with Crippen molar-refractivity contribution in [1.82, 2.24) is 5.32 Å². The number of rotatable bonds is 3. The largest absolute Gasteiger partial charge is 0.475 e. The molecule has 0 aromatic heterocycles. The van der Waals surface area contributed by atoms with Crippen LogP contribution < -0.4 is 5.32 Å². The number of benzene rings is 1. The van der Waals surface area contributed by atoms with Gasteiger partial charge in [0.1, 0.15) is 0 Å². The lowest BCUT2D eigenvalue weighted by atomic mass is 10.0. The number of hydrogen-bond donors (Lipinski definition) is 2. The van der Waals surface area contributed by atoms with Crippen molar-refractivity contribution in [1.29, 1.82) is 0 Å². The predicted octanol–water partition coefficient (Wildman–Crippen LogP) is 3.10. The number of ether oxygens (including phenoxy) is 1. The van der Waals surface area contributed by atoms with Crippen molar-refractivity contribution in [3.05, 3.63) is 45.8 Å². The van der Waals surface area contributed by atoms with Crippen LogP contribution in [0.25, 0.3) is 0 Å². The standard InChI is InChI=1S/C12H11Cl2NO3/c1-2-12(15-6-9(18-12)11(16)17)7-4-3-5-8(13)10(7)14/h3-6,15H,2H2,1H3,(H,16,17). The fraction of sp³-hybridized carbons (Fsp3) is 0.250. The van der Waals surface area contributed by atoms with E-state index in [9.17, 15) is 4.79 Å². The Hall–Kier alpha value is -1.39. The third kappa shape index (κ3) is 2.02. The molecule has 1 aromatic rings. The molecule has 0 bridgehead atoms. The van der Waals surface area contributed by atoms with E-state index in [4.69, 9.17) is 33.0 Å². The number of aliphatic carboxylic acids is 1. The minimum Gasteiger partial charge on any atom is -0.475 e. The number of carboxylic acid groups (broad SMARTS) is 1. The molecule has 4 nitrogen and oxygen atoms in total. The summed E-state index contributed by atoms with van der Waals surface area (Å²) < 4.78 is 5.49. The van der Waals surface area contributed by atoms with Crippen molar-refractivity contribution in [3.8, 4) is 0 Å². The number of carbonyl (C=O) groups is 1. The van der Waals surface area contributed by atoms with Gasteiger partial charge in [0.15, 0.2) is 0 Å². The van der Waals surface area contributed by atoms with E-state index in [1.54, 1.807) is 18.2 Å². The molecule has 1 aliphatic heterocycles. The van der Waals surface area contributed by atoms with Gasteiger partial charge in [-0.15, -0.1) is 0 Å². The highest BCUT2D eigenvalue weighted by molar-refractivity contribution is 6.42. The second-order valence-corrected chi connectivity index (χ2v) is 4.63. The lowest BCUT2D eigenvalue weighted by Crippen LogP contribution is -2.37. The first-order valence-corrected chi connectivity index (χ1v) is 6.10. The molecule has 0 amide bonds. The highest BCUT2D eigenvalue weighted by Crippen LogP contribution is 2.39. The molecule has 1 atom stereocenters. The van der Waals surface area contributed by atoms with Gasteiger partial charge in [-0.3, -0.25) is 0 Å². The maximum atomic E-state index is 10.9. The normalized spacial score (nSPS) is 22.1. The van der Waals surface area contributed by atoms with Gasteiger partial charge in [-0.1, -0.05) is 42.3 Å². The molecule has 0 saturated carbocycles. The van der Waals surface area contributed by atoms with Crippen molar-refractivity contribution in [2.75, 3.05) is 0 Å². The maximum Gasteiger partial charge on any atom is 0.372 e. The molecular weight excluding hydrogens is 277 g/mol. The predicted molar refractivity (Wildman–Crippen MR) is 68.4 cm³/mol. The maximum absolute atomic E-state index is 10.9. The summed E-state index contributed by atoms with van der Waals surface area (Å²) in [6, 6.07) is 5.16. The Morgan fingerprint density at radius 1 is 1.50 bits per heavy atom. The van der Waals surface area contributed by atoms with Crippen LogP contribution in [0.5, 0.6) is 0 Å². The first-order chi connectivity index (χ1) is 8.50. The molecule has 1 aliphatic rings. The monoisotopic (exact) mass is 287 g/mol. The topological polar surface area (TPSA) is 58.6 Å². The molecule has 1 heterocycles. The Bertz CT molecular complexity index is 530. The van der Waals surface area contributed by atoms with Crippen LogP contribution in [0.4, 0.5) is 0 Å². The second kappa shape index (κ2) is 4.71. The summed E-state index contributed by atoms with van der Waals surface area (Å²) in [5, 5.41) is 12.6. The first-order valence-electron chi connectivity index (χ1n) is 5.35. The van der Waals surface area contributed by atoms with Gasteiger partial charge >= 0.3 is 5.97 Å². The van der Waals surface area contributed by atoms with Gasteiger partial charge in [0.05, 0.1) is 16.2 Å². The van der Waals surface area contributed by atoms with Crippen molar-refractivity contribution in [3.63, 3.8) is 0 Å². The molecule has 0 fully saturated rings. The first kappa shape index (κ1) is 13.1. The average Bonchev–Trinajstić information content (AvgIpc) is 2.78. The van der Waals surface area contributed by atoms with Crippen LogP contribution in [0.2, 0.25) is 10.0 Å². The number of halogens is 2. The minimum absolute atomic E-state index is 0.145. The van der Waals surface area contributed by atoms with Crippen molar-refractivity contribution >= 4 is 29.2 Å². The summed E-state index contributed by atoms with van der Waals surface area (Å²) in [5.74, 6) is -1.27. The summed E-state index contributed by atoms with van der Waals surface area (Å²) in [5.41, 5.74) is -0.359. The van der Waals surface area contributed by atoms with E-state index in [1.165, 1.54) is 6.20 Å². The molecular formula is C12H11Cl2NO3. The van der Waals surface area contributed by atoms with Gasteiger partial charge in [0.25, 0.3) is 0 Å². The van der Waals surface area contributed by atoms with Crippen molar-refractivity contribution < 1.29 is 14.6 Å². The smallest absolute Gasteiger partial charge is 0.372 e. The second-order valence-electron chi connectivity index (χ2n) is 3.84. The SMILES string of the molecule is CCC1(c2cccc(Cl)c2Cl)NC=C(C(=O)O)O1. The van der Waals surface area contributed by atoms with Gasteiger partial charge in [0, 0.05) is 12.0 Å². The van der Waals surface area contributed by atoms with Crippen LogP contribution in [0.1, 0.15) is 18.9 Å². The molecule has 0 aliphatic carbocycles. The highest BCUT2D eigenvalue weighted by atomic mass is 35.5. The number of hydrogen-bond acceptors (Lipinski definition) is 3. The van der Waals surface area contributed by atoms with Crippen molar-refractivity contribution in [2.45, 2.75) is 19.1 Å². The Kier molecular flexibility index (Phi) is 3.41. The Labute approximate surface area is 114 Å². The minimum atomic E-state index is -1.13. The molecule has 1 aromatic carbocycles. The van der Waals surface area contributed by atoms with E-state index in [-0.39, 0.29) is 5.76 Å². The summed E-state index contributed by atoms with van der Waals surface area (Å²) in [6.07, 6.45) is 1.82. The molecule has 1 unspecified atom stereocenters. The van der Waals surface area contributed by atoms with Crippen LogP contribution >= 0.6 is 23.2 Å². The van der Waals surface area contributed by atoms with E-state index in [0.717, 1.165) is 0 Å². The molecule has 96 valence electrons. The molecule has 2 rings (SSSR count). The van der Waals surface area contributed by atoms with Crippen LogP contribution in [-0.4, -0.2) is 11.1 Å². The van der Waals surface area contributed by atoms with Crippen LogP contribution in [0.3, 0.4) is 0 Å². The highest BCUT2D eigenvalue weighted by Gasteiger charge is 2.40. The summed E-state index contributed by atoms with van der Waals surface area (Å²) in [4.78, 5) is 10.9. The number of carboxylic acids is 1. The fourth-order valence-electron chi connectivity index (χ4n) is 1.85. The Morgan fingerprint density at radius 2 is 2.22 bits per heavy atom. The van der Waals surface area contributed by atoms with Crippen molar-refractivity contribution in [2.24, 2.45) is 0 Å². The van der Waals surface area contributed by atoms with Gasteiger partial charge in [-0.25, -0.2) is 4.79 Å². The molecule has 2 N–H and O–H groups in total. The van der Waals surface area contributed by atoms with E-state index in [1.807, 2.05) is 6.92 Å². The summed E-state index contributed by atoms with van der Waals surface area (Å²) in [7, 11) is 0. The van der Waals surface area contributed by atoms with E-state index in [2.05, 4.69) is 5.32 Å². The van der Waals surface area contributed by atoms with Crippen LogP contribution in [-0.2, 0) is 15.3 Å². The third-order valence-electron chi connectivity index (χ3n) is 2.82. The van der Waals surface area contributed by atoms with Gasteiger partial charge in [0.2, 0.25) is 11.5 Å². The van der Waals surface area contributed by atoms with Gasteiger partial charge < -0.3 is 15.2 Å². The molecule has 0 spiro atoms. The quantitative estimate of drug-likeness (QED) is 0.897. The van der Waals surface area contributed by atoms with E-state index < -0.39 is 11.7 Å². The zero-order chi connectivity index (χ0) is 13.3. The lowest BCUT2D eigenvalue weighted by Gasteiger charge is -2.30. The Morgan fingerprint density at radius 3 is 2.78 bits per heavy atom. The number of nitrogens with one attached hydrogen (secondary N) is 1. The van der Waals surface area contributed by atoms with Gasteiger partial charge in [-0.05, 0) is 6.07 Å². The fourth-order valence-corrected chi connectivity index (χ4v) is 2.30.